The van der Waals surface area contributed by atoms with Crippen molar-refractivity contribution >= 4 is 22.6 Å². The number of halogens is 1. The summed E-state index contributed by atoms with van der Waals surface area (Å²) in [4.78, 5) is 0. The van der Waals surface area contributed by atoms with Gasteiger partial charge in [-0.1, -0.05) is 41.7 Å². The Kier molecular flexibility index (Phi) is 3.26. The van der Waals surface area contributed by atoms with Crippen LogP contribution in [0.1, 0.15) is 13.3 Å². The highest BCUT2D eigenvalue weighted by Crippen LogP contribution is 2.25. The topological polar surface area (TPSA) is 18.5 Å². The molecular formula is C10H15IO2. The molecule has 0 aromatic heterocycles. The second-order valence-corrected chi connectivity index (χ2v) is 5.46. The molecule has 4 atom stereocenters. The minimum atomic E-state index is 0.306. The molecule has 0 aromatic carbocycles. The molecule has 3 heteroatoms. The van der Waals surface area contributed by atoms with Gasteiger partial charge in [-0.25, -0.2) is 0 Å². The number of allylic oxidation sites excluding steroid dienone is 1. The van der Waals surface area contributed by atoms with Crippen LogP contribution in [0.3, 0.4) is 0 Å². The Balaban J connectivity index is 1.81. The van der Waals surface area contributed by atoms with E-state index in [1.165, 1.54) is 0 Å². The summed E-state index contributed by atoms with van der Waals surface area (Å²) in [5, 5.41) is 0. The van der Waals surface area contributed by atoms with E-state index in [0.717, 1.165) is 19.6 Å². The molecule has 0 saturated carbocycles. The highest BCUT2D eigenvalue weighted by Gasteiger charge is 2.29. The molecule has 0 N–H and O–H groups in total. The third-order valence-electron chi connectivity index (χ3n) is 2.57. The molecule has 1 aliphatic carbocycles. The average molecular weight is 294 g/mol. The molecule has 74 valence electrons. The Hall–Kier alpha value is 0.390. The Morgan fingerprint density at radius 3 is 2.77 bits per heavy atom. The second kappa shape index (κ2) is 4.28. The average Bonchev–Trinajstić information content (AvgIpc) is 2.64. The number of hydrogen-bond acceptors (Lipinski definition) is 2. The first kappa shape index (κ1) is 9.93. The lowest BCUT2D eigenvalue weighted by Crippen LogP contribution is -2.26. The quantitative estimate of drug-likeness (QED) is 0.441. The van der Waals surface area contributed by atoms with Crippen molar-refractivity contribution in [3.8, 4) is 0 Å². The van der Waals surface area contributed by atoms with E-state index in [2.05, 4.69) is 41.7 Å². The van der Waals surface area contributed by atoms with Crippen molar-refractivity contribution in [3.63, 3.8) is 0 Å². The van der Waals surface area contributed by atoms with Crippen LogP contribution in [-0.2, 0) is 9.47 Å². The number of rotatable bonds is 2. The van der Waals surface area contributed by atoms with Gasteiger partial charge in [-0.3, -0.25) is 0 Å². The zero-order valence-corrected chi connectivity index (χ0v) is 9.94. The van der Waals surface area contributed by atoms with Gasteiger partial charge in [0.2, 0.25) is 0 Å². The van der Waals surface area contributed by atoms with Gasteiger partial charge in [-0.2, -0.15) is 0 Å². The Labute approximate surface area is 92.8 Å². The molecule has 1 aliphatic heterocycles. The maximum atomic E-state index is 5.94. The zero-order chi connectivity index (χ0) is 9.26. The van der Waals surface area contributed by atoms with Crippen molar-refractivity contribution in [3.05, 3.63) is 12.2 Å². The third kappa shape index (κ3) is 2.44. The van der Waals surface area contributed by atoms with E-state index in [9.17, 15) is 0 Å². The third-order valence-corrected chi connectivity index (χ3v) is 3.73. The largest absolute Gasteiger partial charge is 0.378 e. The molecule has 0 aromatic rings. The van der Waals surface area contributed by atoms with Crippen LogP contribution in [0.15, 0.2) is 12.2 Å². The van der Waals surface area contributed by atoms with Crippen molar-refractivity contribution in [2.75, 3.05) is 13.2 Å². The molecule has 0 spiro atoms. The summed E-state index contributed by atoms with van der Waals surface area (Å²) in [5.74, 6) is 0.681. The summed E-state index contributed by atoms with van der Waals surface area (Å²) in [5.41, 5.74) is 0. The van der Waals surface area contributed by atoms with Crippen LogP contribution in [0.2, 0.25) is 0 Å². The number of alkyl halides is 1. The van der Waals surface area contributed by atoms with Crippen molar-refractivity contribution in [2.45, 2.75) is 29.5 Å². The summed E-state index contributed by atoms with van der Waals surface area (Å²) in [6, 6.07) is 0. The highest BCUT2D eigenvalue weighted by molar-refractivity contribution is 14.1. The minimum Gasteiger partial charge on any atom is -0.378 e. The first-order chi connectivity index (χ1) is 6.25. The van der Waals surface area contributed by atoms with Gasteiger partial charge in [-0.15, -0.1) is 0 Å². The summed E-state index contributed by atoms with van der Waals surface area (Å²) in [7, 11) is 0. The lowest BCUT2D eigenvalue weighted by Gasteiger charge is -2.18. The van der Waals surface area contributed by atoms with Crippen molar-refractivity contribution in [2.24, 2.45) is 5.92 Å². The van der Waals surface area contributed by atoms with E-state index in [4.69, 9.17) is 9.47 Å². The van der Waals surface area contributed by atoms with E-state index in [0.29, 0.717) is 22.1 Å². The van der Waals surface area contributed by atoms with Gasteiger partial charge in [0.25, 0.3) is 0 Å². The normalized spacial score (nSPS) is 44.5. The fourth-order valence-electron chi connectivity index (χ4n) is 1.80. The highest BCUT2D eigenvalue weighted by atomic mass is 127. The van der Waals surface area contributed by atoms with E-state index >= 15 is 0 Å². The maximum Gasteiger partial charge on any atom is 0.0956 e. The first-order valence-corrected chi connectivity index (χ1v) is 6.06. The fraction of sp³-hybridized carbons (Fsp3) is 0.800. The van der Waals surface area contributed by atoms with Gasteiger partial charge in [0.1, 0.15) is 0 Å². The molecule has 2 nitrogen and oxygen atoms in total. The standard InChI is InChI=1S/C10H15IO2/c1-7-2-3-8(4-7)13-10-6-12-5-9(10)11/h2-3,7-10H,4-6H2,1H3/t7-,8+,9+,10-/m1/s1. The monoisotopic (exact) mass is 294 g/mol. The van der Waals surface area contributed by atoms with Crippen molar-refractivity contribution in [1.82, 2.24) is 0 Å². The van der Waals surface area contributed by atoms with Gasteiger partial charge >= 0.3 is 0 Å². The molecule has 1 heterocycles. The van der Waals surface area contributed by atoms with Crippen LogP contribution < -0.4 is 0 Å². The van der Waals surface area contributed by atoms with Crippen LogP contribution in [-0.4, -0.2) is 29.3 Å². The first-order valence-electron chi connectivity index (χ1n) is 4.81. The lowest BCUT2D eigenvalue weighted by atomic mass is 10.1. The van der Waals surface area contributed by atoms with Gasteiger partial charge < -0.3 is 9.47 Å². The summed E-state index contributed by atoms with van der Waals surface area (Å²) < 4.78 is 11.8. The molecule has 2 rings (SSSR count). The van der Waals surface area contributed by atoms with Gasteiger partial charge in [0, 0.05) is 0 Å². The molecule has 13 heavy (non-hydrogen) atoms. The van der Waals surface area contributed by atoms with Crippen LogP contribution >= 0.6 is 22.6 Å². The molecule has 0 amide bonds. The van der Waals surface area contributed by atoms with Crippen molar-refractivity contribution in [1.29, 1.82) is 0 Å². The molecule has 0 bridgehead atoms. The molecular weight excluding hydrogens is 279 g/mol. The van der Waals surface area contributed by atoms with E-state index in [-0.39, 0.29) is 0 Å². The molecule has 1 saturated heterocycles. The molecule has 0 unspecified atom stereocenters. The Morgan fingerprint density at radius 2 is 2.23 bits per heavy atom. The van der Waals surface area contributed by atoms with Crippen LogP contribution in [0, 0.1) is 5.92 Å². The Morgan fingerprint density at radius 1 is 1.38 bits per heavy atom. The fourth-order valence-corrected chi connectivity index (χ4v) is 2.43. The van der Waals surface area contributed by atoms with Gasteiger partial charge in [-0.05, 0) is 12.3 Å². The molecule has 2 aliphatic rings. The van der Waals surface area contributed by atoms with E-state index in [1.54, 1.807) is 0 Å². The Bertz CT molecular complexity index is 205. The molecule has 1 fully saturated rings. The van der Waals surface area contributed by atoms with Crippen molar-refractivity contribution < 1.29 is 9.47 Å². The maximum absolute atomic E-state index is 5.94. The predicted molar refractivity (Wildman–Crippen MR) is 60.2 cm³/mol. The number of ether oxygens (including phenoxy) is 2. The molecule has 0 radical (unpaired) electrons. The minimum absolute atomic E-state index is 0.306. The predicted octanol–water partition coefficient (Wildman–Crippen LogP) is 2.17. The zero-order valence-electron chi connectivity index (χ0n) is 7.78. The summed E-state index contributed by atoms with van der Waals surface area (Å²) >= 11 is 2.41. The van der Waals surface area contributed by atoms with Crippen LogP contribution in [0.25, 0.3) is 0 Å². The lowest BCUT2D eigenvalue weighted by molar-refractivity contribution is 0.00787. The van der Waals surface area contributed by atoms with E-state index < -0.39 is 0 Å². The van der Waals surface area contributed by atoms with Gasteiger partial charge in [0.05, 0.1) is 29.3 Å². The second-order valence-electron chi connectivity index (χ2n) is 3.86. The summed E-state index contributed by atoms with van der Waals surface area (Å²) in [6.07, 6.45) is 6.20. The van der Waals surface area contributed by atoms with Gasteiger partial charge in [0.15, 0.2) is 0 Å². The summed E-state index contributed by atoms with van der Waals surface area (Å²) in [6.45, 7) is 3.84. The van der Waals surface area contributed by atoms with Crippen LogP contribution in [0.4, 0.5) is 0 Å². The smallest absolute Gasteiger partial charge is 0.0956 e. The number of hydrogen-bond donors (Lipinski definition) is 0. The SMILES string of the molecule is C[C@@H]1C=C[C@H](O[C@@H]2COC[C@@H]2I)C1. The van der Waals surface area contributed by atoms with E-state index in [1.807, 2.05) is 0 Å². The van der Waals surface area contributed by atoms with Crippen LogP contribution in [0.5, 0.6) is 0 Å².